The molecule has 7 nitrogen and oxygen atoms in total. The van der Waals surface area contributed by atoms with Crippen LogP contribution in [-0.4, -0.2) is 48.0 Å². The van der Waals surface area contributed by atoms with Gasteiger partial charge < -0.3 is 19.7 Å². The Hall–Kier alpha value is -3.09. The number of likely N-dealkylation sites (tertiary alicyclic amines) is 1. The Kier molecular flexibility index (Phi) is 7.27. The number of amides is 2. The van der Waals surface area contributed by atoms with Crippen molar-refractivity contribution in [3.8, 4) is 11.5 Å². The average Bonchev–Trinajstić information content (AvgIpc) is 2.78. The van der Waals surface area contributed by atoms with E-state index < -0.39 is 0 Å². The molecule has 1 N–H and O–H groups in total. The van der Waals surface area contributed by atoms with Crippen molar-refractivity contribution in [1.29, 1.82) is 0 Å². The van der Waals surface area contributed by atoms with Gasteiger partial charge in [-0.1, -0.05) is 6.92 Å². The highest BCUT2D eigenvalue weighted by Crippen LogP contribution is 2.31. The molecule has 1 saturated heterocycles. The van der Waals surface area contributed by atoms with Crippen LogP contribution in [-0.2, 0) is 4.79 Å². The number of methoxy groups -OCH3 is 1. The molecule has 2 heterocycles. The van der Waals surface area contributed by atoms with Crippen LogP contribution < -0.4 is 14.8 Å². The second kappa shape index (κ2) is 10.1. The average molecular weight is 412 g/mol. The molecule has 7 heteroatoms. The SMILES string of the molecule is CCC(NC(=O)c1ccc(OC2CCN(C(C)=O)CC2)c(OC)c1)c1ccncc1. The monoisotopic (exact) mass is 411 g/mol. The van der Waals surface area contributed by atoms with E-state index in [1.165, 1.54) is 0 Å². The van der Waals surface area contributed by atoms with E-state index in [1.807, 2.05) is 24.0 Å². The van der Waals surface area contributed by atoms with Crippen LogP contribution in [0.4, 0.5) is 0 Å². The number of carbonyl (C=O) groups is 2. The molecule has 160 valence electrons. The molecule has 1 atom stereocenters. The summed E-state index contributed by atoms with van der Waals surface area (Å²) in [5.41, 5.74) is 1.53. The van der Waals surface area contributed by atoms with Gasteiger partial charge in [-0.05, 0) is 42.3 Å². The van der Waals surface area contributed by atoms with E-state index in [-0.39, 0.29) is 24.0 Å². The zero-order valence-corrected chi connectivity index (χ0v) is 17.8. The lowest BCUT2D eigenvalue weighted by Crippen LogP contribution is -2.40. The van der Waals surface area contributed by atoms with Crippen LogP contribution in [0.3, 0.4) is 0 Å². The fourth-order valence-corrected chi connectivity index (χ4v) is 3.63. The Labute approximate surface area is 177 Å². The maximum Gasteiger partial charge on any atom is 0.251 e. The second-order valence-electron chi connectivity index (χ2n) is 7.40. The highest BCUT2D eigenvalue weighted by Gasteiger charge is 2.23. The van der Waals surface area contributed by atoms with Crippen molar-refractivity contribution in [2.24, 2.45) is 0 Å². The fourth-order valence-electron chi connectivity index (χ4n) is 3.63. The van der Waals surface area contributed by atoms with E-state index in [9.17, 15) is 9.59 Å². The number of rotatable bonds is 7. The molecule has 1 unspecified atom stereocenters. The summed E-state index contributed by atoms with van der Waals surface area (Å²) in [7, 11) is 1.56. The molecule has 0 radical (unpaired) electrons. The van der Waals surface area contributed by atoms with Crippen molar-refractivity contribution in [1.82, 2.24) is 15.2 Å². The van der Waals surface area contributed by atoms with Gasteiger partial charge >= 0.3 is 0 Å². The number of aromatic nitrogens is 1. The largest absolute Gasteiger partial charge is 0.493 e. The predicted molar refractivity (Wildman–Crippen MR) is 114 cm³/mol. The highest BCUT2D eigenvalue weighted by atomic mass is 16.5. The molecule has 1 aliphatic heterocycles. The smallest absolute Gasteiger partial charge is 0.251 e. The van der Waals surface area contributed by atoms with Crippen molar-refractivity contribution in [3.05, 3.63) is 53.9 Å². The van der Waals surface area contributed by atoms with Gasteiger partial charge in [-0.3, -0.25) is 14.6 Å². The van der Waals surface area contributed by atoms with E-state index in [0.717, 1.165) is 24.8 Å². The van der Waals surface area contributed by atoms with Gasteiger partial charge in [0.15, 0.2) is 11.5 Å². The summed E-state index contributed by atoms with van der Waals surface area (Å²) in [5, 5.41) is 3.07. The molecular weight excluding hydrogens is 382 g/mol. The molecule has 0 aliphatic carbocycles. The Morgan fingerprint density at radius 2 is 1.87 bits per heavy atom. The summed E-state index contributed by atoms with van der Waals surface area (Å²) in [6.45, 7) is 5.00. The van der Waals surface area contributed by atoms with Crippen molar-refractivity contribution < 1.29 is 19.1 Å². The number of benzene rings is 1. The van der Waals surface area contributed by atoms with Gasteiger partial charge in [0.1, 0.15) is 6.10 Å². The van der Waals surface area contributed by atoms with Crippen LogP contribution in [0.2, 0.25) is 0 Å². The van der Waals surface area contributed by atoms with E-state index >= 15 is 0 Å². The van der Waals surface area contributed by atoms with Gasteiger partial charge in [-0.2, -0.15) is 0 Å². The van der Waals surface area contributed by atoms with Crippen LogP contribution in [0.1, 0.15) is 55.1 Å². The van der Waals surface area contributed by atoms with Crippen LogP contribution >= 0.6 is 0 Å². The van der Waals surface area contributed by atoms with E-state index in [4.69, 9.17) is 9.47 Å². The maximum atomic E-state index is 12.8. The number of carbonyl (C=O) groups excluding carboxylic acids is 2. The van der Waals surface area contributed by atoms with Crippen LogP contribution in [0.5, 0.6) is 11.5 Å². The first-order valence-corrected chi connectivity index (χ1v) is 10.3. The molecule has 1 aliphatic rings. The first kappa shape index (κ1) is 21.6. The molecule has 0 spiro atoms. The minimum Gasteiger partial charge on any atom is -0.493 e. The van der Waals surface area contributed by atoms with Crippen LogP contribution in [0.15, 0.2) is 42.7 Å². The first-order chi connectivity index (χ1) is 14.5. The zero-order valence-electron chi connectivity index (χ0n) is 17.8. The lowest BCUT2D eigenvalue weighted by molar-refractivity contribution is -0.130. The molecule has 2 aromatic rings. The minimum atomic E-state index is -0.168. The number of nitrogens with zero attached hydrogens (tertiary/aromatic N) is 2. The molecule has 0 bridgehead atoms. The lowest BCUT2D eigenvalue weighted by atomic mass is 10.1. The third-order valence-corrected chi connectivity index (χ3v) is 5.43. The summed E-state index contributed by atoms with van der Waals surface area (Å²) < 4.78 is 11.6. The third kappa shape index (κ3) is 5.28. The summed E-state index contributed by atoms with van der Waals surface area (Å²) >= 11 is 0. The summed E-state index contributed by atoms with van der Waals surface area (Å²) in [4.78, 5) is 30.1. The van der Waals surface area contributed by atoms with Gasteiger partial charge in [0.25, 0.3) is 5.91 Å². The minimum absolute atomic E-state index is 0.0188. The molecular formula is C23H29N3O4. The summed E-state index contributed by atoms with van der Waals surface area (Å²) in [6.07, 6.45) is 5.78. The number of nitrogens with one attached hydrogen (secondary N) is 1. The number of pyridine rings is 1. The van der Waals surface area contributed by atoms with Gasteiger partial charge in [-0.25, -0.2) is 0 Å². The molecule has 1 fully saturated rings. The van der Waals surface area contributed by atoms with Gasteiger partial charge in [-0.15, -0.1) is 0 Å². The Morgan fingerprint density at radius 1 is 1.17 bits per heavy atom. The van der Waals surface area contributed by atoms with Gasteiger partial charge in [0.2, 0.25) is 5.91 Å². The molecule has 30 heavy (non-hydrogen) atoms. The van der Waals surface area contributed by atoms with Gasteiger partial charge in [0, 0.05) is 50.8 Å². The summed E-state index contributed by atoms with van der Waals surface area (Å²) in [5.74, 6) is 1.06. The Morgan fingerprint density at radius 3 is 2.47 bits per heavy atom. The summed E-state index contributed by atoms with van der Waals surface area (Å²) in [6, 6.07) is 8.95. The van der Waals surface area contributed by atoms with Crippen molar-refractivity contribution in [3.63, 3.8) is 0 Å². The number of hydrogen-bond donors (Lipinski definition) is 1. The van der Waals surface area contributed by atoms with Gasteiger partial charge in [0.05, 0.1) is 13.2 Å². The van der Waals surface area contributed by atoms with Crippen LogP contribution in [0, 0.1) is 0 Å². The molecule has 2 amide bonds. The molecule has 1 aromatic carbocycles. The second-order valence-corrected chi connectivity index (χ2v) is 7.40. The highest BCUT2D eigenvalue weighted by molar-refractivity contribution is 5.95. The van der Waals surface area contributed by atoms with E-state index in [0.29, 0.717) is 30.2 Å². The third-order valence-electron chi connectivity index (χ3n) is 5.43. The predicted octanol–water partition coefficient (Wildman–Crippen LogP) is 3.36. The maximum absolute atomic E-state index is 12.8. The topological polar surface area (TPSA) is 80.8 Å². The van der Waals surface area contributed by atoms with Crippen molar-refractivity contribution in [2.75, 3.05) is 20.2 Å². The molecule has 0 saturated carbocycles. The first-order valence-electron chi connectivity index (χ1n) is 10.3. The number of hydrogen-bond acceptors (Lipinski definition) is 5. The van der Waals surface area contributed by atoms with Crippen molar-refractivity contribution in [2.45, 2.75) is 45.3 Å². The normalized spacial score (nSPS) is 15.4. The Balaban J connectivity index is 1.66. The fraction of sp³-hybridized carbons (Fsp3) is 0.435. The van der Waals surface area contributed by atoms with E-state index in [2.05, 4.69) is 10.3 Å². The van der Waals surface area contributed by atoms with Crippen molar-refractivity contribution >= 4 is 11.8 Å². The molecule has 1 aromatic heterocycles. The molecule has 3 rings (SSSR count). The zero-order chi connectivity index (χ0) is 21.5. The lowest BCUT2D eigenvalue weighted by Gasteiger charge is -2.31. The van der Waals surface area contributed by atoms with E-state index in [1.54, 1.807) is 44.6 Å². The number of piperidine rings is 1. The Bertz CT molecular complexity index is 864. The van der Waals surface area contributed by atoms with Crippen LogP contribution in [0.25, 0.3) is 0 Å². The number of ether oxygens (including phenoxy) is 2. The standard InChI is InChI=1S/C23H29N3O4/c1-4-20(17-7-11-24-12-8-17)25-23(28)18-5-6-21(22(15-18)29-3)30-19-9-13-26(14-10-19)16(2)27/h5-8,11-12,15,19-20H,4,9-10,13-14H2,1-3H3,(H,25,28). The quantitative estimate of drug-likeness (QED) is 0.756.